The van der Waals surface area contributed by atoms with E-state index in [1.807, 2.05) is 29.2 Å². The molecule has 0 aliphatic heterocycles. The first-order valence-corrected chi connectivity index (χ1v) is 16.6. The van der Waals surface area contributed by atoms with Crippen molar-refractivity contribution in [1.82, 2.24) is 25.5 Å². The van der Waals surface area contributed by atoms with Crippen LogP contribution in [0, 0.1) is 5.41 Å². The Labute approximate surface area is 287 Å². The molecule has 0 saturated heterocycles. The van der Waals surface area contributed by atoms with Gasteiger partial charge in [-0.3, -0.25) is 20.4 Å². The number of nitrogens with zero attached hydrogens (tertiary/aromatic N) is 3. The molecule has 1 aromatic heterocycles. The number of nitrogens with two attached hydrogens (primary N) is 2. The summed E-state index contributed by atoms with van der Waals surface area (Å²) >= 11 is 5.81. The van der Waals surface area contributed by atoms with Crippen molar-refractivity contribution in [2.24, 2.45) is 0 Å². The average molecular weight is 691 g/mol. The molecule has 0 bridgehead atoms. The highest BCUT2D eigenvalue weighted by atomic mass is 35.5. The van der Waals surface area contributed by atoms with Gasteiger partial charge in [0.25, 0.3) is 5.91 Å². The second-order valence-electron chi connectivity index (χ2n) is 11.3. The quantitative estimate of drug-likeness (QED) is 0.0302. The van der Waals surface area contributed by atoms with Gasteiger partial charge in [-0.05, 0) is 68.5 Å². The van der Waals surface area contributed by atoms with Gasteiger partial charge in [-0.1, -0.05) is 56.0 Å². The van der Waals surface area contributed by atoms with Crippen molar-refractivity contribution in [2.75, 3.05) is 50.9 Å². The second kappa shape index (κ2) is 21.8. The number of aromatic nitrogens is 2. The number of hydrogen-bond donors (Lipinski definition) is 9. The zero-order valence-corrected chi connectivity index (χ0v) is 28.5. The van der Waals surface area contributed by atoms with Crippen molar-refractivity contribution in [1.29, 1.82) is 5.41 Å². The fourth-order valence-electron chi connectivity index (χ4n) is 4.67. The lowest BCUT2D eigenvalue weighted by Crippen LogP contribution is -2.41. The molecule has 48 heavy (non-hydrogen) atoms. The van der Waals surface area contributed by atoms with E-state index in [4.69, 9.17) is 33.2 Å². The van der Waals surface area contributed by atoms with E-state index in [0.29, 0.717) is 25.3 Å². The van der Waals surface area contributed by atoms with Gasteiger partial charge in [0.1, 0.15) is 24.2 Å². The SMILES string of the molecule is C/C=C(/CO)[C@@H](O)C=C(O)[C@@H](O)CN(CCCCCC)CCOc1ccc(CCCCNC(=N)NC(=O)c2nc(Cl)c(N)nc2N)cc1. The Morgan fingerprint density at radius 3 is 2.48 bits per heavy atom. The number of allylic oxidation sites excluding steroid dienone is 1. The summed E-state index contributed by atoms with van der Waals surface area (Å²) in [6, 6.07) is 7.82. The number of aliphatic hydroxyl groups excluding tert-OH is 4. The number of nitrogen functional groups attached to an aromatic ring is 2. The van der Waals surface area contributed by atoms with Crippen LogP contribution in [0.4, 0.5) is 11.6 Å². The fourth-order valence-corrected chi connectivity index (χ4v) is 4.79. The molecule has 0 saturated carbocycles. The van der Waals surface area contributed by atoms with Crippen LogP contribution in [-0.2, 0) is 6.42 Å². The molecule has 2 rings (SSSR count). The van der Waals surface area contributed by atoms with Gasteiger partial charge in [0, 0.05) is 19.6 Å². The molecule has 0 fully saturated rings. The number of anilines is 2. The Hall–Kier alpha value is -3.95. The molecule has 15 heteroatoms. The highest BCUT2D eigenvalue weighted by molar-refractivity contribution is 6.31. The van der Waals surface area contributed by atoms with Gasteiger partial charge >= 0.3 is 0 Å². The molecule has 0 aliphatic rings. The Morgan fingerprint density at radius 2 is 1.81 bits per heavy atom. The van der Waals surface area contributed by atoms with E-state index in [1.165, 1.54) is 0 Å². The van der Waals surface area contributed by atoms with Crippen molar-refractivity contribution in [3.63, 3.8) is 0 Å². The molecule has 2 aromatic rings. The van der Waals surface area contributed by atoms with Crippen molar-refractivity contribution < 1.29 is 30.0 Å². The van der Waals surface area contributed by atoms with E-state index in [0.717, 1.165) is 68.9 Å². The minimum Gasteiger partial charge on any atom is -0.510 e. The average Bonchev–Trinajstić information content (AvgIpc) is 3.05. The van der Waals surface area contributed by atoms with Crippen molar-refractivity contribution in [2.45, 2.75) is 71.0 Å². The summed E-state index contributed by atoms with van der Waals surface area (Å²) in [5, 5.41) is 53.5. The van der Waals surface area contributed by atoms with Crippen LogP contribution >= 0.6 is 11.6 Å². The Morgan fingerprint density at radius 1 is 1.08 bits per heavy atom. The number of nitrogens with one attached hydrogen (secondary N) is 3. The Bertz CT molecular complexity index is 1360. The topological polar surface area (TPSA) is 236 Å². The van der Waals surface area contributed by atoms with E-state index < -0.39 is 18.1 Å². The number of unbranched alkanes of at least 4 members (excludes halogenated alkanes) is 4. The predicted molar refractivity (Wildman–Crippen MR) is 188 cm³/mol. The van der Waals surface area contributed by atoms with Crippen LogP contribution in [0.1, 0.15) is 68.4 Å². The first-order valence-electron chi connectivity index (χ1n) is 16.2. The Kier molecular flexibility index (Phi) is 18.3. The first kappa shape index (κ1) is 40.2. The van der Waals surface area contributed by atoms with Gasteiger partial charge in [-0.25, -0.2) is 9.97 Å². The number of carbonyl (C=O) groups is 1. The number of benzene rings is 1. The number of hydrogen-bond acceptors (Lipinski definition) is 12. The van der Waals surface area contributed by atoms with Crippen LogP contribution in [0.2, 0.25) is 5.15 Å². The zero-order chi connectivity index (χ0) is 35.5. The number of aryl methyl sites for hydroxylation is 1. The number of ether oxygens (including phenoxy) is 1. The summed E-state index contributed by atoms with van der Waals surface area (Å²) in [5.74, 6) is -0.800. The van der Waals surface area contributed by atoms with Crippen LogP contribution in [0.25, 0.3) is 0 Å². The van der Waals surface area contributed by atoms with Crippen LogP contribution in [-0.4, -0.2) is 98.8 Å². The predicted octanol–water partition coefficient (Wildman–Crippen LogP) is 2.93. The van der Waals surface area contributed by atoms with E-state index in [1.54, 1.807) is 13.0 Å². The molecular formula is C33H51ClN8O6. The monoisotopic (exact) mass is 690 g/mol. The third-order valence-electron chi connectivity index (χ3n) is 7.51. The lowest BCUT2D eigenvalue weighted by Gasteiger charge is -2.25. The summed E-state index contributed by atoms with van der Waals surface area (Å²) in [5.41, 5.74) is 12.5. The fraction of sp³-hybridized carbons (Fsp3) is 0.515. The number of amides is 1. The standard InChI is InChI=1S/C33H51ClN8O6/c1-3-5-6-9-16-42(20-27(46)26(45)19-25(44)23(4-2)21-43)17-18-48-24-13-11-22(12-14-24)10-7-8-15-38-33(37)41-32(47)28-30(35)40-31(36)29(34)39-28/h4,11-14,19,25,27,43-46H,3,5-10,15-18,20-21H2,1-2H3,(H4,35,36,40)(H3,37,38,41,47)/b23-4-,26-19?/t25-,27-/m0/s1. The molecule has 266 valence electrons. The van der Waals surface area contributed by atoms with Crippen molar-refractivity contribution in [3.05, 3.63) is 64.2 Å². The summed E-state index contributed by atoms with van der Waals surface area (Å²) in [6.07, 6.45) is 7.02. The number of rotatable bonds is 21. The molecule has 0 aliphatic carbocycles. The third kappa shape index (κ3) is 14.4. The minimum absolute atomic E-state index is 0.0845. The van der Waals surface area contributed by atoms with Crippen molar-refractivity contribution in [3.8, 4) is 5.75 Å². The molecule has 1 amide bonds. The van der Waals surface area contributed by atoms with E-state index in [2.05, 4.69) is 27.5 Å². The molecule has 2 atom stereocenters. The van der Waals surface area contributed by atoms with Crippen LogP contribution in [0.15, 0.2) is 47.7 Å². The summed E-state index contributed by atoms with van der Waals surface area (Å²) in [6.45, 7) is 5.78. The minimum atomic E-state index is -1.19. The lowest BCUT2D eigenvalue weighted by atomic mass is 10.1. The maximum absolute atomic E-state index is 12.3. The molecule has 0 radical (unpaired) electrons. The van der Waals surface area contributed by atoms with E-state index in [9.17, 15) is 25.2 Å². The maximum atomic E-state index is 12.3. The molecule has 0 spiro atoms. The summed E-state index contributed by atoms with van der Waals surface area (Å²) < 4.78 is 5.97. The number of guanidine groups is 1. The number of carbonyl (C=O) groups excluding carboxylic acids is 1. The van der Waals surface area contributed by atoms with Crippen LogP contribution in [0.3, 0.4) is 0 Å². The van der Waals surface area contributed by atoms with Crippen molar-refractivity contribution >= 4 is 35.1 Å². The number of halogens is 1. The molecule has 11 N–H and O–H groups in total. The van der Waals surface area contributed by atoms with Gasteiger partial charge in [0.2, 0.25) is 0 Å². The molecule has 1 heterocycles. The highest BCUT2D eigenvalue weighted by Crippen LogP contribution is 2.17. The number of aliphatic hydroxyl groups is 4. The van der Waals surface area contributed by atoms with Gasteiger partial charge < -0.3 is 41.9 Å². The largest absolute Gasteiger partial charge is 0.510 e. The highest BCUT2D eigenvalue weighted by Gasteiger charge is 2.19. The third-order valence-corrected chi connectivity index (χ3v) is 7.79. The zero-order valence-electron chi connectivity index (χ0n) is 27.8. The Balaban J connectivity index is 1.76. The smallest absolute Gasteiger partial charge is 0.280 e. The van der Waals surface area contributed by atoms with Gasteiger partial charge in [-0.2, -0.15) is 0 Å². The first-order chi connectivity index (χ1) is 23.0. The molecular weight excluding hydrogens is 640 g/mol. The van der Waals surface area contributed by atoms with Gasteiger partial charge in [0.05, 0.1) is 12.7 Å². The van der Waals surface area contributed by atoms with Gasteiger partial charge in [-0.15, -0.1) is 0 Å². The van der Waals surface area contributed by atoms with E-state index >= 15 is 0 Å². The maximum Gasteiger partial charge on any atom is 0.280 e. The molecule has 0 unspecified atom stereocenters. The van der Waals surface area contributed by atoms with Crippen LogP contribution < -0.4 is 26.8 Å². The van der Waals surface area contributed by atoms with Gasteiger partial charge in [0.15, 0.2) is 28.4 Å². The normalized spacial score (nSPS) is 13.3. The molecule has 1 aromatic carbocycles. The molecule has 14 nitrogen and oxygen atoms in total. The lowest BCUT2D eigenvalue weighted by molar-refractivity contribution is 0.0906. The van der Waals surface area contributed by atoms with Crippen LogP contribution in [0.5, 0.6) is 5.75 Å². The van der Waals surface area contributed by atoms with E-state index in [-0.39, 0.29) is 47.4 Å². The second-order valence-corrected chi connectivity index (χ2v) is 11.6. The summed E-state index contributed by atoms with van der Waals surface area (Å²) in [4.78, 5) is 21.9. The summed E-state index contributed by atoms with van der Waals surface area (Å²) in [7, 11) is 0.